The second-order valence-electron chi connectivity index (χ2n) is 7.45. The minimum atomic E-state index is -0.115. The zero-order valence-corrected chi connectivity index (χ0v) is 15.4. The van der Waals surface area contributed by atoms with Gasteiger partial charge in [-0.2, -0.15) is 0 Å². The summed E-state index contributed by atoms with van der Waals surface area (Å²) in [6.45, 7) is 6.01. The Hall–Kier alpha value is -1.82. The first-order valence-electron chi connectivity index (χ1n) is 9.34. The van der Waals surface area contributed by atoms with Crippen LogP contribution in [0, 0.1) is 12.3 Å². The van der Waals surface area contributed by atoms with Crippen molar-refractivity contribution in [2.45, 2.75) is 45.6 Å². The lowest BCUT2D eigenvalue weighted by Crippen LogP contribution is -2.47. The van der Waals surface area contributed by atoms with Crippen LogP contribution in [0.15, 0.2) is 12.1 Å². The first kappa shape index (κ1) is 18.0. The Kier molecular flexibility index (Phi) is 5.78. The van der Waals surface area contributed by atoms with Gasteiger partial charge in [0.05, 0.1) is 6.61 Å². The summed E-state index contributed by atoms with van der Waals surface area (Å²) < 4.78 is 5.31. The summed E-state index contributed by atoms with van der Waals surface area (Å²) in [7, 11) is 1.73. The number of amides is 2. The van der Waals surface area contributed by atoms with E-state index in [1.54, 1.807) is 7.11 Å². The molecule has 25 heavy (non-hydrogen) atoms. The number of carbonyl (C=O) groups is 1. The van der Waals surface area contributed by atoms with Gasteiger partial charge in [0.2, 0.25) is 0 Å². The van der Waals surface area contributed by atoms with Gasteiger partial charge in [0.1, 0.15) is 5.82 Å². The molecule has 2 aliphatic rings. The predicted octanol–water partition coefficient (Wildman–Crippen LogP) is 2.61. The normalized spacial score (nSPS) is 18.7. The molecule has 2 heterocycles. The topological polar surface area (TPSA) is 66.5 Å². The molecule has 0 atom stereocenters. The van der Waals surface area contributed by atoms with E-state index >= 15 is 0 Å². The summed E-state index contributed by atoms with van der Waals surface area (Å²) in [5, 5.41) is 6.00. The molecular weight excluding hydrogens is 316 g/mol. The van der Waals surface area contributed by atoms with Crippen molar-refractivity contribution in [1.82, 2.24) is 15.6 Å². The monoisotopic (exact) mass is 346 g/mol. The maximum absolute atomic E-state index is 12.2. The number of aromatic nitrogens is 1. The van der Waals surface area contributed by atoms with E-state index in [2.05, 4.69) is 21.6 Å². The third-order valence-electron chi connectivity index (χ3n) is 5.43. The second kappa shape index (κ2) is 8.04. The number of nitrogens with zero attached hydrogens (tertiary/aromatic N) is 2. The van der Waals surface area contributed by atoms with E-state index in [4.69, 9.17) is 9.72 Å². The number of aryl methyl sites for hydroxylation is 1. The first-order valence-corrected chi connectivity index (χ1v) is 9.34. The van der Waals surface area contributed by atoms with E-state index in [0.717, 1.165) is 43.0 Å². The zero-order valence-electron chi connectivity index (χ0n) is 15.4. The van der Waals surface area contributed by atoms with Crippen molar-refractivity contribution in [2.75, 3.05) is 38.3 Å². The van der Waals surface area contributed by atoms with Crippen LogP contribution in [0.3, 0.4) is 0 Å². The zero-order chi connectivity index (χ0) is 17.7. The van der Waals surface area contributed by atoms with Gasteiger partial charge in [0.25, 0.3) is 0 Å². The largest absolute Gasteiger partial charge is 0.384 e. The molecule has 6 nitrogen and oxygen atoms in total. The highest BCUT2D eigenvalue weighted by molar-refractivity contribution is 5.74. The molecule has 0 bridgehead atoms. The molecule has 1 saturated carbocycles. The fourth-order valence-electron chi connectivity index (χ4n) is 3.77. The predicted molar refractivity (Wildman–Crippen MR) is 98.8 cm³/mol. The van der Waals surface area contributed by atoms with Crippen LogP contribution in [-0.4, -0.2) is 44.4 Å². The number of urea groups is 1. The van der Waals surface area contributed by atoms with Crippen molar-refractivity contribution >= 4 is 11.8 Å². The average Bonchev–Trinajstić information content (AvgIpc) is 3.10. The van der Waals surface area contributed by atoms with Crippen LogP contribution < -0.4 is 15.5 Å². The Morgan fingerprint density at radius 1 is 1.24 bits per heavy atom. The number of rotatable bonds is 7. The van der Waals surface area contributed by atoms with Crippen LogP contribution in [0.4, 0.5) is 10.6 Å². The van der Waals surface area contributed by atoms with Gasteiger partial charge in [-0.15, -0.1) is 0 Å². The minimum absolute atomic E-state index is 0.115. The van der Waals surface area contributed by atoms with E-state index in [9.17, 15) is 4.79 Å². The summed E-state index contributed by atoms with van der Waals surface area (Å²) in [5.41, 5.74) is 2.23. The number of hydrogen-bond donors (Lipinski definition) is 2. The highest BCUT2D eigenvalue weighted by atomic mass is 16.5. The lowest BCUT2D eigenvalue weighted by molar-refractivity contribution is 0.0200. The van der Waals surface area contributed by atoms with Gasteiger partial charge < -0.3 is 20.3 Å². The number of pyridine rings is 1. The highest BCUT2D eigenvalue weighted by Crippen LogP contribution is 2.40. The van der Waals surface area contributed by atoms with Crippen LogP contribution in [-0.2, 0) is 11.3 Å². The van der Waals surface area contributed by atoms with Crippen LogP contribution in [0.1, 0.15) is 43.4 Å². The van der Waals surface area contributed by atoms with Gasteiger partial charge in [0.15, 0.2) is 0 Å². The highest BCUT2D eigenvalue weighted by Gasteiger charge is 2.37. The van der Waals surface area contributed by atoms with Crippen molar-refractivity contribution < 1.29 is 9.53 Å². The number of nitrogens with one attached hydrogen (secondary N) is 2. The lowest BCUT2D eigenvalue weighted by Gasteiger charge is -2.41. The Morgan fingerprint density at radius 2 is 2.00 bits per heavy atom. The van der Waals surface area contributed by atoms with Crippen molar-refractivity contribution in [3.05, 3.63) is 23.4 Å². The van der Waals surface area contributed by atoms with E-state index in [1.165, 1.54) is 19.3 Å². The summed E-state index contributed by atoms with van der Waals surface area (Å²) in [4.78, 5) is 19.2. The first-order chi connectivity index (χ1) is 12.1. The third kappa shape index (κ3) is 4.42. The second-order valence-corrected chi connectivity index (χ2v) is 7.45. The van der Waals surface area contributed by atoms with Crippen LogP contribution >= 0.6 is 0 Å². The molecule has 0 aromatic carbocycles. The number of anilines is 1. The van der Waals surface area contributed by atoms with Gasteiger partial charge in [-0.05, 0) is 38.7 Å². The van der Waals surface area contributed by atoms with E-state index in [0.29, 0.717) is 19.7 Å². The van der Waals surface area contributed by atoms with Gasteiger partial charge in [-0.25, -0.2) is 9.78 Å². The Bertz CT molecular complexity index is 595. The van der Waals surface area contributed by atoms with E-state index in [-0.39, 0.29) is 11.4 Å². The van der Waals surface area contributed by atoms with Crippen LogP contribution in [0.25, 0.3) is 0 Å². The number of ether oxygens (including phenoxy) is 1. The molecule has 0 radical (unpaired) electrons. The van der Waals surface area contributed by atoms with Crippen LogP contribution in [0.5, 0.6) is 0 Å². The minimum Gasteiger partial charge on any atom is -0.384 e. The van der Waals surface area contributed by atoms with Gasteiger partial charge >= 0.3 is 6.03 Å². The third-order valence-corrected chi connectivity index (χ3v) is 5.43. The smallest absolute Gasteiger partial charge is 0.315 e. The number of hydrogen-bond acceptors (Lipinski definition) is 4. The molecule has 1 saturated heterocycles. The van der Waals surface area contributed by atoms with Crippen molar-refractivity contribution in [3.8, 4) is 0 Å². The van der Waals surface area contributed by atoms with Gasteiger partial charge in [0, 0.05) is 50.0 Å². The number of carbonyl (C=O) groups excluding carboxylic acids is 1. The summed E-state index contributed by atoms with van der Waals surface area (Å²) in [6, 6.07) is 3.97. The Balaban J connectivity index is 1.53. The molecule has 2 amide bonds. The molecule has 1 aliphatic carbocycles. The number of methoxy groups -OCH3 is 1. The van der Waals surface area contributed by atoms with Crippen molar-refractivity contribution in [2.24, 2.45) is 5.41 Å². The molecule has 1 aromatic rings. The fourth-order valence-corrected chi connectivity index (χ4v) is 3.77. The molecular formula is C19H30N4O2. The lowest BCUT2D eigenvalue weighted by atomic mass is 9.69. The SMILES string of the molecule is COCC1(CNC(=O)NCc2ccc(C)nc2N2CCCC2)CCC1. The molecule has 1 aliphatic heterocycles. The standard InChI is InChI=1S/C19H30N4O2/c1-15-6-7-16(17(22-15)23-10-3-4-11-23)12-20-18(24)21-13-19(14-25-2)8-5-9-19/h6-7H,3-5,8-14H2,1-2H3,(H2,20,21,24). The van der Waals surface area contributed by atoms with E-state index < -0.39 is 0 Å². The molecule has 2 fully saturated rings. The van der Waals surface area contributed by atoms with Crippen molar-refractivity contribution in [3.63, 3.8) is 0 Å². The van der Waals surface area contributed by atoms with Crippen molar-refractivity contribution in [1.29, 1.82) is 0 Å². The Labute approximate surface area is 150 Å². The molecule has 2 N–H and O–H groups in total. The summed E-state index contributed by atoms with van der Waals surface area (Å²) in [6.07, 6.45) is 5.90. The summed E-state index contributed by atoms with van der Waals surface area (Å²) in [5.74, 6) is 1.02. The molecule has 3 rings (SSSR count). The van der Waals surface area contributed by atoms with Gasteiger partial charge in [-0.3, -0.25) is 0 Å². The maximum Gasteiger partial charge on any atom is 0.315 e. The average molecular weight is 346 g/mol. The molecule has 6 heteroatoms. The van der Waals surface area contributed by atoms with Gasteiger partial charge in [-0.1, -0.05) is 12.5 Å². The van der Waals surface area contributed by atoms with E-state index in [1.807, 2.05) is 13.0 Å². The molecule has 0 unspecified atom stereocenters. The molecule has 0 spiro atoms. The molecule has 138 valence electrons. The fraction of sp³-hybridized carbons (Fsp3) is 0.684. The quantitative estimate of drug-likeness (QED) is 0.796. The van der Waals surface area contributed by atoms with Crippen LogP contribution in [0.2, 0.25) is 0 Å². The maximum atomic E-state index is 12.2. The summed E-state index contributed by atoms with van der Waals surface area (Å²) >= 11 is 0. The molecule has 1 aromatic heterocycles. The Morgan fingerprint density at radius 3 is 2.64 bits per heavy atom.